The number of ether oxygens (including phenoxy) is 1. The van der Waals surface area contributed by atoms with Crippen LogP contribution in [0.1, 0.15) is 38.2 Å². The fourth-order valence-electron chi connectivity index (χ4n) is 3.98. The van der Waals surface area contributed by atoms with Gasteiger partial charge in [0.1, 0.15) is 23.7 Å². The van der Waals surface area contributed by atoms with Gasteiger partial charge in [0.2, 0.25) is 0 Å². The molecule has 33 heavy (non-hydrogen) atoms. The largest absolute Gasteiger partial charge is 0.488 e. The zero-order valence-corrected chi connectivity index (χ0v) is 19.9. The third-order valence-corrected chi connectivity index (χ3v) is 7.56. The van der Waals surface area contributed by atoms with E-state index in [-0.39, 0.29) is 18.0 Å². The second-order valence-electron chi connectivity index (χ2n) is 8.53. The Morgan fingerprint density at radius 1 is 1.21 bits per heavy atom. The first-order chi connectivity index (χ1) is 15.7. The van der Waals surface area contributed by atoms with Crippen LogP contribution in [0.15, 0.2) is 41.0 Å². The maximum Gasteiger partial charge on any atom is 0.146 e. The van der Waals surface area contributed by atoms with E-state index in [0.29, 0.717) is 47.1 Å². The number of nitrogens with zero attached hydrogens (tertiary/aromatic N) is 3. The van der Waals surface area contributed by atoms with Crippen LogP contribution >= 0.6 is 0 Å². The number of hydrogen-bond donors (Lipinski definition) is 2. The van der Waals surface area contributed by atoms with Gasteiger partial charge in [-0.25, -0.2) is 18.6 Å². The quantitative estimate of drug-likeness (QED) is 0.508. The molecule has 9 heteroatoms. The molecule has 1 unspecified atom stereocenters. The third kappa shape index (κ3) is 5.59. The maximum absolute atomic E-state index is 14.0. The molecule has 0 spiro atoms. The number of aromatic nitrogens is 2. The minimum atomic E-state index is -2.30. The Kier molecular flexibility index (Phi) is 6.81. The predicted molar refractivity (Wildman–Crippen MR) is 130 cm³/mol. The normalized spacial score (nSPS) is 20.3. The Hall–Kier alpha value is -2.78. The Bertz CT molecular complexity index is 1280. The van der Waals surface area contributed by atoms with Crippen LogP contribution in [0.4, 0.5) is 21.6 Å². The summed E-state index contributed by atoms with van der Waals surface area (Å²) in [6.07, 6.45) is 5.51. The van der Waals surface area contributed by atoms with Crippen molar-refractivity contribution in [1.29, 1.82) is 0 Å². The van der Waals surface area contributed by atoms with Crippen molar-refractivity contribution in [2.75, 3.05) is 17.3 Å². The van der Waals surface area contributed by atoms with Crippen molar-refractivity contribution in [2.45, 2.75) is 51.7 Å². The molecule has 1 atom stereocenters. The molecule has 0 aliphatic heterocycles. The molecule has 3 aromatic rings. The Morgan fingerprint density at radius 2 is 1.97 bits per heavy atom. The van der Waals surface area contributed by atoms with E-state index in [2.05, 4.69) is 19.6 Å². The molecule has 4 rings (SSSR count). The number of aryl methyl sites for hydroxylation is 1. The van der Waals surface area contributed by atoms with E-state index in [0.717, 1.165) is 23.8 Å². The van der Waals surface area contributed by atoms with Crippen LogP contribution in [0.25, 0.3) is 10.9 Å². The summed E-state index contributed by atoms with van der Waals surface area (Å²) in [7, 11) is -2.30. The fraction of sp³-hybridized carbons (Fsp3) is 0.417. The number of rotatable bonds is 6. The van der Waals surface area contributed by atoms with Gasteiger partial charge in [0.15, 0.2) is 0 Å². The first-order valence-electron chi connectivity index (χ1n) is 11.1. The highest BCUT2D eigenvalue weighted by Gasteiger charge is 2.22. The van der Waals surface area contributed by atoms with E-state index in [4.69, 9.17) is 4.74 Å². The number of aliphatic hydroxyl groups is 1. The van der Waals surface area contributed by atoms with E-state index in [1.54, 1.807) is 18.4 Å². The highest BCUT2D eigenvalue weighted by atomic mass is 32.2. The summed E-state index contributed by atoms with van der Waals surface area (Å²) in [6, 6.07) is 8.02. The second kappa shape index (κ2) is 9.61. The van der Waals surface area contributed by atoms with E-state index in [9.17, 15) is 13.7 Å². The van der Waals surface area contributed by atoms with Gasteiger partial charge in [0.05, 0.1) is 29.1 Å². The predicted octanol–water partition coefficient (Wildman–Crippen LogP) is 5.25. The number of benzene rings is 2. The highest BCUT2D eigenvalue weighted by molar-refractivity contribution is 7.93. The topological polar surface area (TPSA) is 96.7 Å². The summed E-state index contributed by atoms with van der Waals surface area (Å²) in [5.41, 5.74) is 2.76. The average Bonchev–Trinajstić information content (AvgIpc) is 2.77. The van der Waals surface area contributed by atoms with Crippen LogP contribution in [-0.2, 0) is 9.73 Å². The van der Waals surface area contributed by atoms with Crippen LogP contribution in [0.2, 0.25) is 0 Å². The number of aliphatic hydroxyl groups excluding tert-OH is 1. The molecule has 1 heterocycles. The summed E-state index contributed by atoms with van der Waals surface area (Å²) in [5, 5.41) is 13.8. The van der Waals surface area contributed by atoms with Gasteiger partial charge < -0.3 is 15.2 Å². The molecular formula is C24H29FN4O3S. The number of fused-ring (bicyclic) bond motifs is 1. The molecule has 0 bridgehead atoms. The number of anilines is 2. The first-order valence-corrected chi connectivity index (χ1v) is 13.2. The minimum absolute atomic E-state index is 0.0775. The van der Waals surface area contributed by atoms with Crippen LogP contribution < -0.4 is 10.1 Å². The molecule has 0 radical (unpaired) electrons. The molecule has 0 saturated heterocycles. The Balaban J connectivity index is 1.68. The van der Waals surface area contributed by atoms with Gasteiger partial charge in [-0.05, 0) is 62.4 Å². The van der Waals surface area contributed by atoms with Crippen LogP contribution in [0.3, 0.4) is 0 Å². The van der Waals surface area contributed by atoms with E-state index < -0.39 is 9.73 Å². The standard InChI is InChI=1S/C24H29FN4O3S/c1-4-33(3,31)29-17-11-15(2)23-21(13-17)26-14-27-24(23)28-20-10-5-16(25)12-22(20)32-19-8-6-18(30)7-9-19/h5,10-14,18-19,30H,4,6-9H2,1-3H3,(H,26,27,28)/t18-,19-,33?. The van der Waals surface area contributed by atoms with Gasteiger partial charge in [-0.15, -0.1) is 0 Å². The lowest BCUT2D eigenvalue weighted by Crippen LogP contribution is -2.26. The molecule has 0 amide bonds. The second-order valence-corrected chi connectivity index (χ2v) is 11.2. The summed E-state index contributed by atoms with van der Waals surface area (Å²) < 4.78 is 37.0. The number of hydrogen-bond acceptors (Lipinski definition) is 7. The van der Waals surface area contributed by atoms with Gasteiger partial charge in [-0.2, -0.15) is 4.36 Å². The summed E-state index contributed by atoms with van der Waals surface area (Å²) >= 11 is 0. The molecule has 1 saturated carbocycles. The number of halogens is 1. The van der Waals surface area contributed by atoms with Crippen molar-refractivity contribution in [3.8, 4) is 5.75 Å². The monoisotopic (exact) mass is 472 g/mol. The summed E-state index contributed by atoms with van der Waals surface area (Å²) in [4.78, 5) is 8.79. The van der Waals surface area contributed by atoms with Gasteiger partial charge in [-0.1, -0.05) is 6.92 Å². The smallest absolute Gasteiger partial charge is 0.146 e. The molecule has 2 aromatic carbocycles. The van der Waals surface area contributed by atoms with Gasteiger partial charge in [0, 0.05) is 33.2 Å². The fourth-order valence-corrected chi connectivity index (χ4v) is 4.66. The minimum Gasteiger partial charge on any atom is -0.488 e. The molecule has 1 aromatic heterocycles. The molecule has 1 fully saturated rings. The summed E-state index contributed by atoms with van der Waals surface area (Å²) in [5.74, 6) is 1.04. The van der Waals surface area contributed by atoms with Crippen molar-refractivity contribution in [3.63, 3.8) is 0 Å². The van der Waals surface area contributed by atoms with E-state index >= 15 is 0 Å². The SMILES string of the molecule is CCS(C)(=O)=Nc1cc(C)c2c(Nc3ccc(F)cc3O[C@H]3CC[C@H](O)CC3)ncnc2c1. The van der Waals surface area contributed by atoms with Crippen molar-refractivity contribution in [1.82, 2.24) is 9.97 Å². The van der Waals surface area contributed by atoms with Crippen molar-refractivity contribution < 1.29 is 18.4 Å². The third-order valence-electron chi connectivity index (χ3n) is 5.89. The van der Waals surface area contributed by atoms with Crippen molar-refractivity contribution in [2.24, 2.45) is 4.36 Å². The molecule has 176 valence electrons. The van der Waals surface area contributed by atoms with Gasteiger partial charge in [-0.3, -0.25) is 0 Å². The molecule has 1 aliphatic carbocycles. The zero-order valence-electron chi connectivity index (χ0n) is 19.0. The van der Waals surface area contributed by atoms with Crippen LogP contribution in [0, 0.1) is 12.7 Å². The molecule has 2 N–H and O–H groups in total. The van der Waals surface area contributed by atoms with E-state index in [1.165, 1.54) is 18.5 Å². The van der Waals surface area contributed by atoms with E-state index in [1.807, 2.05) is 19.9 Å². The lowest BCUT2D eigenvalue weighted by molar-refractivity contribution is 0.0668. The molecule has 7 nitrogen and oxygen atoms in total. The lowest BCUT2D eigenvalue weighted by atomic mass is 9.95. The lowest BCUT2D eigenvalue weighted by Gasteiger charge is -2.27. The molecular weight excluding hydrogens is 443 g/mol. The van der Waals surface area contributed by atoms with Crippen LogP contribution in [-0.4, -0.2) is 43.5 Å². The maximum atomic E-state index is 14.0. The Morgan fingerprint density at radius 3 is 2.70 bits per heavy atom. The first kappa shape index (κ1) is 23.4. The highest BCUT2D eigenvalue weighted by Crippen LogP contribution is 2.35. The van der Waals surface area contributed by atoms with Gasteiger partial charge in [0.25, 0.3) is 0 Å². The Labute approximate surface area is 193 Å². The van der Waals surface area contributed by atoms with Crippen LogP contribution in [0.5, 0.6) is 5.75 Å². The van der Waals surface area contributed by atoms with Crippen molar-refractivity contribution >= 4 is 37.8 Å². The van der Waals surface area contributed by atoms with Crippen molar-refractivity contribution in [3.05, 3.63) is 48.0 Å². The molecule has 1 aliphatic rings. The summed E-state index contributed by atoms with van der Waals surface area (Å²) in [6.45, 7) is 3.77. The van der Waals surface area contributed by atoms with Gasteiger partial charge >= 0.3 is 0 Å². The number of nitrogens with one attached hydrogen (secondary N) is 1. The zero-order chi connectivity index (χ0) is 23.6. The average molecular weight is 473 g/mol.